The number of pyridine rings is 1. The maximum absolute atomic E-state index is 12.5. The Balaban J connectivity index is 1.73. The molecule has 2 aliphatic rings. The second-order valence-corrected chi connectivity index (χ2v) is 7.06. The molecule has 4 N–H and O–H groups in total. The average molecular weight is 400 g/mol. The molecule has 2 atom stereocenters. The molecule has 2 bridgehead atoms. The fourth-order valence-electron chi connectivity index (χ4n) is 2.91. The van der Waals surface area contributed by atoms with Crippen molar-refractivity contribution in [1.29, 1.82) is 0 Å². The van der Waals surface area contributed by atoms with Crippen LogP contribution in [0.3, 0.4) is 0 Å². The summed E-state index contributed by atoms with van der Waals surface area (Å²) < 4.78 is 35.0. The normalized spacial score (nSPS) is 22.0. The Labute approximate surface area is 152 Å². The van der Waals surface area contributed by atoms with Crippen LogP contribution in [-0.4, -0.2) is 63.6 Å². The number of aromatic nitrogens is 1. The molecule has 3 amide bonds. The van der Waals surface area contributed by atoms with Crippen LogP contribution in [0, 0.1) is 0 Å². The zero-order chi connectivity index (χ0) is 19.9. The van der Waals surface area contributed by atoms with E-state index < -0.39 is 45.6 Å². The van der Waals surface area contributed by atoms with E-state index in [-0.39, 0.29) is 13.1 Å². The first kappa shape index (κ1) is 18.9. The smallest absolute Gasteiger partial charge is 0.418 e. The van der Waals surface area contributed by atoms with E-state index in [1.54, 1.807) is 6.92 Å². The minimum atomic E-state index is -4.90. The maximum Gasteiger partial charge on any atom is 0.418 e. The van der Waals surface area contributed by atoms with Gasteiger partial charge in [0.1, 0.15) is 12.1 Å². The van der Waals surface area contributed by atoms with Gasteiger partial charge in [-0.05, 0) is 12.5 Å². The van der Waals surface area contributed by atoms with Gasteiger partial charge >= 0.3 is 16.4 Å². The highest BCUT2D eigenvalue weighted by Crippen LogP contribution is 2.30. The van der Waals surface area contributed by atoms with E-state index in [1.165, 1.54) is 6.08 Å². The number of aromatic amines is 1. The molecular weight excluding hydrogens is 384 g/mol. The predicted molar refractivity (Wildman–Crippen MR) is 88.5 cm³/mol. The summed E-state index contributed by atoms with van der Waals surface area (Å²) in [6.07, 6.45) is 2.57. The summed E-state index contributed by atoms with van der Waals surface area (Å²) in [5.74, 6) is -1.02. The van der Waals surface area contributed by atoms with Gasteiger partial charge in [0, 0.05) is 18.0 Å². The van der Waals surface area contributed by atoms with Gasteiger partial charge in [0.2, 0.25) is 11.3 Å². The first-order chi connectivity index (χ1) is 12.6. The summed E-state index contributed by atoms with van der Waals surface area (Å²) in [5, 5.41) is 12.3. The van der Waals surface area contributed by atoms with Gasteiger partial charge in [0.05, 0.1) is 13.1 Å². The molecule has 0 saturated carbocycles. The van der Waals surface area contributed by atoms with Crippen LogP contribution in [0.4, 0.5) is 4.79 Å². The van der Waals surface area contributed by atoms with Crippen LogP contribution < -0.4 is 10.7 Å². The molecule has 1 fully saturated rings. The van der Waals surface area contributed by atoms with E-state index >= 15 is 0 Å². The molecular formula is C14H16N4O8S. The van der Waals surface area contributed by atoms with Crippen LogP contribution in [0.2, 0.25) is 0 Å². The SMILES string of the molecule is CC1=C[C@@H](C(=O)NCc2cc(=O)c(O)c[nH]2)N2C[C@@H]1N(OS(=O)(=O)O)C2=O. The third kappa shape index (κ3) is 3.79. The fourth-order valence-corrected chi connectivity index (χ4v) is 3.28. The van der Waals surface area contributed by atoms with Crippen molar-refractivity contribution in [3.05, 3.63) is 39.8 Å². The lowest BCUT2D eigenvalue weighted by Gasteiger charge is -2.27. The quantitative estimate of drug-likeness (QED) is 0.355. The number of urea groups is 1. The number of aromatic hydroxyl groups is 1. The number of rotatable bonds is 5. The lowest BCUT2D eigenvalue weighted by Crippen LogP contribution is -2.48. The van der Waals surface area contributed by atoms with Gasteiger partial charge in [-0.15, -0.1) is 4.28 Å². The molecule has 27 heavy (non-hydrogen) atoms. The first-order valence-corrected chi connectivity index (χ1v) is 9.07. The lowest BCUT2D eigenvalue weighted by atomic mass is 10.0. The van der Waals surface area contributed by atoms with Gasteiger partial charge in [0.15, 0.2) is 5.75 Å². The highest BCUT2D eigenvalue weighted by Gasteiger charge is 2.48. The number of hydrogen-bond acceptors (Lipinski definition) is 7. The van der Waals surface area contributed by atoms with E-state index in [2.05, 4.69) is 14.6 Å². The summed E-state index contributed by atoms with van der Waals surface area (Å²) in [6.45, 7) is 1.54. The van der Waals surface area contributed by atoms with Crippen molar-refractivity contribution in [2.24, 2.45) is 0 Å². The van der Waals surface area contributed by atoms with Gasteiger partial charge in [-0.3, -0.25) is 14.1 Å². The zero-order valence-corrected chi connectivity index (χ0v) is 14.8. The average Bonchev–Trinajstić information content (AvgIpc) is 2.84. The summed E-state index contributed by atoms with van der Waals surface area (Å²) in [4.78, 5) is 39.9. The van der Waals surface area contributed by atoms with Gasteiger partial charge in [-0.25, -0.2) is 4.79 Å². The molecule has 3 heterocycles. The number of carbonyl (C=O) groups is 2. The van der Waals surface area contributed by atoms with Crippen molar-refractivity contribution in [1.82, 2.24) is 20.3 Å². The standard InChI is InChI=1S/C14H16N4O8S/c1-7-2-9(13(21)16-4-8-3-11(19)12(20)5-15-8)17-6-10(7)18(14(17)22)26-27(23,24)25/h2-3,5,9-10,20H,4,6H2,1H3,(H,15,19)(H,16,21)(H,23,24,25)/t9-,10-/m0/s1. The summed E-state index contributed by atoms with van der Waals surface area (Å²) in [6, 6.07) is -1.54. The predicted octanol–water partition coefficient (Wildman–Crippen LogP) is -1.13. The van der Waals surface area contributed by atoms with Crippen molar-refractivity contribution >= 4 is 22.3 Å². The summed E-state index contributed by atoms with van der Waals surface area (Å²) >= 11 is 0. The molecule has 13 heteroatoms. The van der Waals surface area contributed by atoms with E-state index in [9.17, 15) is 27.9 Å². The molecule has 12 nitrogen and oxygen atoms in total. The molecule has 0 aromatic carbocycles. The largest absolute Gasteiger partial charge is 0.503 e. The molecule has 1 saturated heterocycles. The molecule has 0 unspecified atom stereocenters. The second kappa shape index (κ2) is 6.68. The van der Waals surface area contributed by atoms with Crippen LogP contribution in [0.15, 0.2) is 28.7 Å². The second-order valence-electron chi connectivity index (χ2n) is 6.06. The Morgan fingerprint density at radius 1 is 1.44 bits per heavy atom. The van der Waals surface area contributed by atoms with Crippen molar-refractivity contribution in [3.63, 3.8) is 0 Å². The maximum atomic E-state index is 12.5. The fraction of sp³-hybridized carbons (Fsp3) is 0.357. The molecule has 0 aliphatic carbocycles. The topological polar surface area (TPSA) is 169 Å². The lowest BCUT2D eigenvalue weighted by molar-refractivity contribution is -0.124. The van der Waals surface area contributed by atoms with Gasteiger partial charge in [-0.2, -0.15) is 13.5 Å². The molecule has 146 valence electrons. The Morgan fingerprint density at radius 2 is 2.15 bits per heavy atom. The Hall–Kier alpha value is -2.90. The number of nitrogens with zero attached hydrogens (tertiary/aromatic N) is 2. The molecule has 1 aromatic rings. The third-order valence-corrected chi connectivity index (χ3v) is 4.57. The molecule has 3 rings (SSSR count). The van der Waals surface area contributed by atoms with Crippen molar-refractivity contribution < 1.29 is 31.9 Å². The van der Waals surface area contributed by atoms with E-state index in [0.29, 0.717) is 16.3 Å². The van der Waals surface area contributed by atoms with Crippen LogP contribution in [-0.2, 0) is 26.0 Å². The van der Waals surface area contributed by atoms with Gasteiger partial charge < -0.3 is 20.3 Å². The molecule has 0 radical (unpaired) electrons. The van der Waals surface area contributed by atoms with Crippen molar-refractivity contribution in [2.75, 3.05) is 6.54 Å². The van der Waals surface area contributed by atoms with Crippen LogP contribution in [0.25, 0.3) is 0 Å². The number of amides is 3. The van der Waals surface area contributed by atoms with Crippen LogP contribution >= 0.6 is 0 Å². The minimum Gasteiger partial charge on any atom is -0.503 e. The van der Waals surface area contributed by atoms with E-state index in [1.807, 2.05) is 0 Å². The van der Waals surface area contributed by atoms with Crippen molar-refractivity contribution in [2.45, 2.75) is 25.6 Å². The third-order valence-electron chi connectivity index (χ3n) is 4.22. The molecule has 0 spiro atoms. The van der Waals surface area contributed by atoms with E-state index in [4.69, 9.17) is 4.55 Å². The van der Waals surface area contributed by atoms with Crippen LogP contribution in [0.5, 0.6) is 5.75 Å². The van der Waals surface area contributed by atoms with Crippen molar-refractivity contribution in [3.8, 4) is 5.75 Å². The van der Waals surface area contributed by atoms with E-state index in [0.717, 1.165) is 17.2 Å². The summed E-state index contributed by atoms with van der Waals surface area (Å²) in [5.41, 5.74) is 0.241. The van der Waals surface area contributed by atoms with Gasteiger partial charge in [-0.1, -0.05) is 6.08 Å². The number of nitrogens with one attached hydrogen (secondary N) is 2. The summed E-state index contributed by atoms with van der Waals surface area (Å²) in [7, 11) is -4.90. The Morgan fingerprint density at radius 3 is 2.78 bits per heavy atom. The molecule has 1 aromatic heterocycles. The monoisotopic (exact) mass is 400 g/mol. The first-order valence-electron chi connectivity index (χ1n) is 7.70. The number of hydrogen-bond donors (Lipinski definition) is 4. The Bertz CT molecular complexity index is 985. The highest BCUT2D eigenvalue weighted by atomic mass is 32.3. The number of H-pyrrole nitrogens is 1. The van der Waals surface area contributed by atoms with Gasteiger partial charge in [0.25, 0.3) is 0 Å². The number of hydroxylamine groups is 2. The zero-order valence-electron chi connectivity index (χ0n) is 13.9. The Kier molecular flexibility index (Phi) is 4.67. The van der Waals surface area contributed by atoms with Crippen LogP contribution in [0.1, 0.15) is 12.6 Å². The molecule has 2 aliphatic heterocycles. The number of carbonyl (C=O) groups excluding carboxylic acids is 2. The number of fused-ring (bicyclic) bond motifs is 2. The highest BCUT2D eigenvalue weighted by molar-refractivity contribution is 7.80. The minimum absolute atomic E-state index is 0.00478.